The molecule has 0 radical (unpaired) electrons. The van der Waals surface area contributed by atoms with Crippen molar-refractivity contribution in [2.45, 2.75) is 64.6 Å². The lowest BCUT2D eigenvalue weighted by Crippen LogP contribution is -2.27. The number of halogens is 1. The van der Waals surface area contributed by atoms with Gasteiger partial charge in [-0.2, -0.15) is 0 Å². The molecule has 0 saturated carbocycles. The summed E-state index contributed by atoms with van der Waals surface area (Å²) in [6, 6.07) is 9.79. The molecule has 1 N–H and O–H groups in total. The third-order valence-electron chi connectivity index (χ3n) is 5.04. The van der Waals surface area contributed by atoms with Crippen LogP contribution in [0.5, 0.6) is 0 Å². The Hall–Kier alpha value is -2.41. The van der Waals surface area contributed by atoms with Gasteiger partial charge in [-0.1, -0.05) is 36.8 Å². The zero-order valence-electron chi connectivity index (χ0n) is 17.4. The largest absolute Gasteiger partial charge is 0.458 e. The van der Waals surface area contributed by atoms with Gasteiger partial charge in [0, 0.05) is 19.0 Å². The molecule has 1 aliphatic rings. The number of imidazole rings is 1. The lowest BCUT2D eigenvalue weighted by molar-refractivity contribution is -0.148. The van der Waals surface area contributed by atoms with Crippen molar-refractivity contribution in [2.75, 3.05) is 0 Å². The van der Waals surface area contributed by atoms with Crippen LogP contribution in [0.3, 0.4) is 0 Å². The maximum absolute atomic E-state index is 12.8. The summed E-state index contributed by atoms with van der Waals surface area (Å²) in [7, 11) is 0. The average Bonchev–Trinajstić information content (AvgIpc) is 3.05. The van der Waals surface area contributed by atoms with Gasteiger partial charge in [0.25, 0.3) is 5.91 Å². The van der Waals surface area contributed by atoms with Gasteiger partial charge >= 0.3 is 5.97 Å². The van der Waals surface area contributed by atoms with E-state index in [1.807, 2.05) is 60.9 Å². The van der Waals surface area contributed by atoms with Gasteiger partial charge in [-0.05, 0) is 66.8 Å². The summed E-state index contributed by atoms with van der Waals surface area (Å²) >= 11 is 3.49. The van der Waals surface area contributed by atoms with E-state index in [1.54, 1.807) is 0 Å². The van der Waals surface area contributed by atoms with E-state index in [9.17, 15) is 9.59 Å². The second-order valence-corrected chi connectivity index (χ2v) is 8.48. The van der Waals surface area contributed by atoms with Gasteiger partial charge in [0.15, 0.2) is 0 Å². The number of carbonyl (C=O) groups excluding carboxylic acids is 2. The minimum Gasteiger partial charge on any atom is -0.458 e. The van der Waals surface area contributed by atoms with Crippen molar-refractivity contribution >= 4 is 33.9 Å². The number of ether oxygens (including phenoxy) is 1. The molecule has 2 heterocycles. The molecule has 1 aromatic heterocycles. The predicted molar refractivity (Wildman–Crippen MR) is 120 cm³/mol. The molecular weight excluding hydrogens is 446 g/mol. The number of aromatic nitrogens is 2. The van der Waals surface area contributed by atoms with Crippen LogP contribution in [0.25, 0.3) is 6.08 Å². The molecule has 0 aliphatic carbocycles. The molecular formula is C23H28BrN3O3. The normalized spacial score (nSPS) is 17.6. The monoisotopic (exact) mass is 473 g/mol. The molecule has 1 fully saturated rings. The smallest absolute Gasteiger partial charge is 0.306 e. The van der Waals surface area contributed by atoms with E-state index in [-0.39, 0.29) is 24.0 Å². The van der Waals surface area contributed by atoms with Crippen LogP contribution in [0.15, 0.2) is 41.0 Å². The minimum atomic E-state index is -0.254. The summed E-state index contributed by atoms with van der Waals surface area (Å²) in [6.07, 6.45) is 7.78. The third kappa shape index (κ3) is 5.81. The highest BCUT2D eigenvalue weighted by molar-refractivity contribution is 9.10. The molecule has 1 aromatic carbocycles. The number of nitrogens with one attached hydrogen (secondary N) is 1. The van der Waals surface area contributed by atoms with Crippen molar-refractivity contribution in [3.63, 3.8) is 0 Å². The number of amides is 1. The van der Waals surface area contributed by atoms with E-state index in [0.717, 1.165) is 36.9 Å². The minimum absolute atomic E-state index is 0.0285. The first kappa shape index (κ1) is 22.3. The van der Waals surface area contributed by atoms with Crippen LogP contribution in [-0.4, -0.2) is 27.5 Å². The molecule has 6 nitrogen and oxygen atoms in total. The van der Waals surface area contributed by atoms with E-state index in [0.29, 0.717) is 23.4 Å². The Bertz CT molecular complexity index is 906. The van der Waals surface area contributed by atoms with E-state index in [2.05, 4.69) is 26.2 Å². The van der Waals surface area contributed by atoms with Gasteiger partial charge < -0.3 is 14.6 Å². The Balaban J connectivity index is 1.78. The summed E-state index contributed by atoms with van der Waals surface area (Å²) in [4.78, 5) is 29.1. The fourth-order valence-electron chi connectivity index (χ4n) is 3.52. The topological polar surface area (TPSA) is 73.2 Å². The maximum atomic E-state index is 12.8. The highest BCUT2D eigenvalue weighted by atomic mass is 79.9. The highest BCUT2D eigenvalue weighted by Crippen LogP contribution is 2.25. The SMILES string of the molecule is CC(C)n1c(C(=O)NCc2ccccc2)nc(Br)c1/C=C/C1CCCCCC(=O)O1. The van der Waals surface area contributed by atoms with Crippen molar-refractivity contribution in [1.82, 2.24) is 14.9 Å². The Morgan fingerprint density at radius 3 is 2.80 bits per heavy atom. The second kappa shape index (κ2) is 10.6. The van der Waals surface area contributed by atoms with Gasteiger partial charge in [-0.25, -0.2) is 4.98 Å². The number of hydrogen-bond acceptors (Lipinski definition) is 4. The molecule has 1 aliphatic heterocycles. The van der Waals surface area contributed by atoms with Crippen molar-refractivity contribution in [1.29, 1.82) is 0 Å². The van der Waals surface area contributed by atoms with Crippen LogP contribution in [0.1, 0.15) is 73.9 Å². The van der Waals surface area contributed by atoms with Gasteiger partial charge in [0.1, 0.15) is 10.7 Å². The summed E-state index contributed by atoms with van der Waals surface area (Å²) in [5, 5.41) is 2.94. The molecule has 3 rings (SSSR count). The maximum Gasteiger partial charge on any atom is 0.306 e. The van der Waals surface area contributed by atoms with Gasteiger partial charge in [0.05, 0.1) is 5.69 Å². The highest BCUT2D eigenvalue weighted by Gasteiger charge is 2.22. The summed E-state index contributed by atoms with van der Waals surface area (Å²) in [5.41, 5.74) is 1.81. The molecule has 160 valence electrons. The number of cyclic esters (lactones) is 1. The van der Waals surface area contributed by atoms with E-state index in [1.165, 1.54) is 0 Å². The molecule has 0 spiro atoms. The van der Waals surface area contributed by atoms with Crippen LogP contribution in [0.4, 0.5) is 0 Å². The number of hydrogen-bond donors (Lipinski definition) is 1. The third-order valence-corrected chi connectivity index (χ3v) is 5.62. The quantitative estimate of drug-likeness (QED) is 0.595. The zero-order chi connectivity index (χ0) is 21.5. The van der Waals surface area contributed by atoms with Crippen molar-refractivity contribution in [2.24, 2.45) is 0 Å². The number of esters is 1. The van der Waals surface area contributed by atoms with Crippen LogP contribution in [-0.2, 0) is 16.1 Å². The molecule has 1 unspecified atom stereocenters. The molecule has 0 bridgehead atoms. The molecule has 2 aromatic rings. The molecule has 1 saturated heterocycles. The van der Waals surface area contributed by atoms with Crippen LogP contribution >= 0.6 is 15.9 Å². The summed E-state index contributed by atoms with van der Waals surface area (Å²) in [5.74, 6) is -0.0332. The fraction of sp³-hybridized carbons (Fsp3) is 0.435. The van der Waals surface area contributed by atoms with E-state index < -0.39 is 0 Å². The van der Waals surface area contributed by atoms with Gasteiger partial charge in [-0.3, -0.25) is 9.59 Å². The predicted octanol–water partition coefficient (Wildman–Crippen LogP) is 5.05. The first-order valence-corrected chi connectivity index (χ1v) is 11.2. The zero-order valence-corrected chi connectivity index (χ0v) is 19.0. The standard InChI is InChI=1S/C23H28BrN3O3/c1-16(2)27-19(14-13-18-11-7-4-8-12-20(28)30-18)21(24)26-22(27)23(29)25-15-17-9-5-3-6-10-17/h3,5-6,9-10,13-14,16,18H,4,7-8,11-12,15H2,1-2H3,(H,25,29)/b14-13+. The van der Waals surface area contributed by atoms with Crippen LogP contribution in [0.2, 0.25) is 0 Å². The first-order chi connectivity index (χ1) is 14.5. The van der Waals surface area contributed by atoms with E-state index in [4.69, 9.17) is 4.74 Å². The van der Waals surface area contributed by atoms with Gasteiger partial charge in [0.2, 0.25) is 5.82 Å². The molecule has 1 atom stereocenters. The Morgan fingerprint density at radius 2 is 2.07 bits per heavy atom. The molecule has 7 heteroatoms. The first-order valence-electron chi connectivity index (χ1n) is 10.4. The average molecular weight is 474 g/mol. The van der Waals surface area contributed by atoms with Gasteiger partial charge in [-0.15, -0.1) is 0 Å². The fourth-order valence-corrected chi connectivity index (χ4v) is 4.01. The Kier molecular flexibility index (Phi) is 7.85. The molecule has 30 heavy (non-hydrogen) atoms. The lowest BCUT2D eigenvalue weighted by Gasteiger charge is -2.18. The van der Waals surface area contributed by atoms with E-state index >= 15 is 0 Å². The Morgan fingerprint density at radius 1 is 1.30 bits per heavy atom. The summed E-state index contributed by atoms with van der Waals surface area (Å²) in [6.45, 7) is 4.45. The Labute approximate surface area is 185 Å². The lowest BCUT2D eigenvalue weighted by atomic mass is 10.1. The summed E-state index contributed by atoms with van der Waals surface area (Å²) < 4.78 is 8.03. The van der Waals surface area contributed by atoms with Crippen LogP contribution in [0, 0.1) is 0 Å². The van der Waals surface area contributed by atoms with Crippen molar-refractivity contribution in [3.8, 4) is 0 Å². The molecule has 1 amide bonds. The van der Waals surface area contributed by atoms with Crippen molar-refractivity contribution < 1.29 is 14.3 Å². The number of rotatable bonds is 6. The number of benzene rings is 1. The second-order valence-electron chi connectivity index (χ2n) is 7.73. The number of nitrogens with zero attached hydrogens (tertiary/aromatic N) is 2. The number of carbonyl (C=O) groups is 2. The van der Waals surface area contributed by atoms with Crippen LogP contribution < -0.4 is 5.32 Å². The van der Waals surface area contributed by atoms with Crippen molar-refractivity contribution in [3.05, 3.63) is 58.1 Å².